The molecule has 0 N–H and O–H groups in total. The third kappa shape index (κ3) is 9.03. The number of hydrogen-bond donors (Lipinski definition) is 0. The molecule has 54 valence electrons. The van der Waals surface area contributed by atoms with Gasteiger partial charge in [-0.15, -0.1) is 9.24 Å². The van der Waals surface area contributed by atoms with Gasteiger partial charge in [-0.2, -0.15) is 9.20 Å². The minimum atomic E-state index is -2.57. The first kappa shape index (κ1) is 13.6. The van der Waals surface area contributed by atoms with E-state index in [1.165, 1.54) is 0 Å². The molecule has 0 bridgehead atoms. The Bertz CT molecular complexity index is 104. The molecule has 10 heteroatoms. The van der Waals surface area contributed by atoms with Crippen LogP contribution in [0.4, 0.5) is 0 Å². The van der Waals surface area contributed by atoms with E-state index in [1.807, 2.05) is 0 Å². The molecule has 0 aliphatic rings. The monoisotopic (exact) mass is 197 g/mol. The van der Waals surface area contributed by atoms with E-state index in [0.29, 0.717) is 0 Å². The molecule has 0 aromatic rings. The van der Waals surface area contributed by atoms with Gasteiger partial charge in [0.2, 0.25) is 0 Å². The van der Waals surface area contributed by atoms with Crippen molar-refractivity contribution in [1.29, 1.82) is 0 Å². The van der Waals surface area contributed by atoms with Crippen molar-refractivity contribution < 1.29 is 79.5 Å². The van der Waals surface area contributed by atoms with E-state index < -0.39 is 11.4 Å². The minimum Gasteiger partial charge on any atom is -0.691 e. The van der Waals surface area contributed by atoms with Crippen LogP contribution in [0.15, 0.2) is 5.34 Å². The van der Waals surface area contributed by atoms with Crippen molar-refractivity contribution in [3.63, 3.8) is 0 Å². The van der Waals surface area contributed by atoms with Gasteiger partial charge < -0.3 is 5.26 Å². The first-order chi connectivity index (χ1) is 4.31. The van der Waals surface area contributed by atoms with Crippen molar-refractivity contribution in [1.82, 2.24) is 0 Å². The summed E-state index contributed by atoms with van der Waals surface area (Å²) in [5, 5.41) is 13.2. The molecule has 0 heterocycles. The first-order valence-electron chi connectivity index (χ1n) is 1.37. The minimum absolute atomic E-state index is 0. The van der Waals surface area contributed by atoms with Crippen LogP contribution >= 0.6 is 0 Å². The molecule has 0 amide bonds. The van der Waals surface area contributed by atoms with Gasteiger partial charge in [0.05, 0.1) is 0 Å². The van der Waals surface area contributed by atoms with Gasteiger partial charge in [-0.3, -0.25) is 5.04 Å². The molecule has 0 aromatic carbocycles. The Morgan fingerprint density at radius 2 is 2.00 bits per heavy atom. The summed E-state index contributed by atoms with van der Waals surface area (Å²) in [6, 6.07) is 0. The summed E-state index contributed by atoms with van der Waals surface area (Å²) < 4.78 is 16.4. The molecule has 1 atom stereocenters. The molecule has 8 nitrogen and oxygen atoms in total. The van der Waals surface area contributed by atoms with Crippen LogP contribution in [0.25, 0.3) is 0 Å². The van der Waals surface area contributed by atoms with E-state index >= 15 is 0 Å². The maximum atomic E-state index is 9.82. The summed E-state index contributed by atoms with van der Waals surface area (Å²) in [4.78, 5) is 12.2. The van der Waals surface area contributed by atoms with E-state index in [4.69, 9.17) is 10.2 Å². The zero-order valence-corrected chi connectivity index (χ0v) is 8.65. The molecule has 0 rings (SSSR count). The van der Waals surface area contributed by atoms with E-state index in [9.17, 15) is 4.21 Å². The molecule has 0 aliphatic carbocycles. The van der Waals surface area contributed by atoms with Crippen LogP contribution in [0.2, 0.25) is 0 Å². The zero-order chi connectivity index (χ0) is 7.11. The summed E-state index contributed by atoms with van der Waals surface area (Å²) in [6.07, 6.45) is 0. The second kappa shape index (κ2) is 10.0. The van der Waals surface area contributed by atoms with Crippen LogP contribution in [-0.2, 0) is 30.1 Å². The Labute approximate surface area is 99.8 Å². The largest absolute Gasteiger partial charge is 1.00 e. The Hall–Kier alpha value is 1.03. The van der Waals surface area contributed by atoms with Crippen molar-refractivity contribution in [3.8, 4) is 0 Å². The van der Waals surface area contributed by atoms with Crippen LogP contribution in [0.5, 0.6) is 0 Å². The molecule has 0 aliphatic heterocycles. The third-order valence-corrected chi connectivity index (χ3v) is 0.538. The maximum absolute atomic E-state index is 9.82. The quantitative estimate of drug-likeness (QED) is 0.189. The van der Waals surface area contributed by atoms with E-state index in [2.05, 4.69) is 18.7 Å². The van der Waals surface area contributed by atoms with Crippen LogP contribution < -0.4 is 56.6 Å². The fourth-order valence-corrected chi connectivity index (χ4v) is 0.214. The fourth-order valence-electron chi connectivity index (χ4n) is 0.0713. The first-order valence-corrected chi connectivity index (χ1v) is 2.37. The molecule has 1 unspecified atom stereocenters. The van der Waals surface area contributed by atoms with E-state index in [1.54, 1.807) is 5.34 Å². The molecule has 0 saturated carbocycles. The van der Waals surface area contributed by atoms with Crippen molar-refractivity contribution in [3.05, 3.63) is 4.91 Å². The van der Waals surface area contributed by atoms with E-state index in [-0.39, 0.29) is 51.4 Å². The van der Waals surface area contributed by atoms with Crippen LogP contribution in [0, 0.1) is 4.91 Å². The molecule has 0 aromatic heterocycles. The standard InChI is InChI=1S/K.HNO7S/c;2-1-5-7-9(4)8-6-3/h;3H/q+1;/p-1. The van der Waals surface area contributed by atoms with Gasteiger partial charge in [-0.05, 0) is 4.33 Å². The molecule has 0 saturated heterocycles. The van der Waals surface area contributed by atoms with Crippen LogP contribution in [-0.4, -0.2) is 4.21 Å². The van der Waals surface area contributed by atoms with Crippen molar-refractivity contribution >= 4 is 11.4 Å². The smallest absolute Gasteiger partial charge is 0.691 e. The SMILES string of the molecule is O=NOOS(=O)OO[O-].[K+]. The molecule has 0 radical (unpaired) electrons. The average molecular weight is 197 g/mol. The summed E-state index contributed by atoms with van der Waals surface area (Å²) >= 11 is -2.57. The van der Waals surface area contributed by atoms with Gasteiger partial charge in [-0.1, -0.05) is 0 Å². The van der Waals surface area contributed by atoms with Gasteiger partial charge in [0.1, 0.15) is 0 Å². The third-order valence-electron chi connectivity index (χ3n) is 0.200. The average Bonchev–Trinajstić information content (AvgIpc) is 1.85. The maximum Gasteiger partial charge on any atom is 1.00 e. The molecule has 0 spiro atoms. The Morgan fingerprint density at radius 3 is 2.40 bits per heavy atom. The Balaban J connectivity index is 0. The van der Waals surface area contributed by atoms with Crippen molar-refractivity contribution in [2.45, 2.75) is 0 Å². The number of hydrogen-bond acceptors (Lipinski definition) is 8. The summed E-state index contributed by atoms with van der Waals surface area (Å²) in [7, 11) is 0. The molecular weight excluding hydrogens is 197 g/mol. The van der Waals surface area contributed by atoms with Gasteiger partial charge in [-0.25, -0.2) is 0 Å². The van der Waals surface area contributed by atoms with E-state index in [0.717, 1.165) is 0 Å². The second-order valence-corrected chi connectivity index (χ2v) is 1.24. The summed E-state index contributed by atoms with van der Waals surface area (Å²) in [6.45, 7) is 0. The van der Waals surface area contributed by atoms with Crippen LogP contribution in [0.1, 0.15) is 0 Å². The van der Waals surface area contributed by atoms with Gasteiger partial charge >= 0.3 is 62.7 Å². The second-order valence-electron chi connectivity index (χ2n) is 0.557. The molecular formula is KNO7S. The number of rotatable bonds is 5. The predicted octanol–water partition coefficient (Wildman–Crippen LogP) is -4.58. The molecule has 10 heavy (non-hydrogen) atoms. The van der Waals surface area contributed by atoms with Gasteiger partial charge in [0, 0.05) is 0 Å². The zero-order valence-electron chi connectivity index (χ0n) is 4.71. The van der Waals surface area contributed by atoms with Crippen LogP contribution in [0.3, 0.4) is 0 Å². The number of nitrogens with zero attached hydrogens (tertiary/aromatic N) is 1. The van der Waals surface area contributed by atoms with Crippen molar-refractivity contribution in [2.24, 2.45) is 5.34 Å². The topological polar surface area (TPSA) is 106 Å². The molecule has 0 fully saturated rings. The Kier molecular flexibility index (Phi) is 13.6. The van der Waals surface area contributed by atoms with Gasteiger partial charge in [0.25, 0.3) is 0 Å². The van der Waals surface area contributed by atoms with Gasteiger partial charge in [0.15, 0.2) is 5.34 Å². The normalized spacial score (nSPS) is 11.3. The fraction of sp³-hybridized carbons (Fsp3) is 0. The summed E-state index contributed by atoms with van der Waals surface area (Å²) in [5.41, 5.74) is 0. The predicted molar refractivity (Wildman–Crippen MR) is 18.3 cm³/mol. The summed E-state index contributed by atoms with van der Waals surface area (Å²) in [5.74, 6) is 0. The Morgan fingerprint density at radius 1 is 1.40 bits per heavy atom. The van der Waals surface area contributed by atoms with Crippen molar-refractivity contribution in [2.75, 3.05) is 0 Å².